The number of carbonyl (C=O) groups is 2. The predicted molar refractivity (Wildman–Crippen MR) is 84.1 cm³/mol. The Morgan fingerprint density at radius 3 is 2.64 bits per heavy atom. The summed E-state index contributed by atoms with van der Waals surface area (Å²) in [5, 5.41) is 5.40. The summed E-state index contributed by atoms with van der Waals surface area (Å²) in [7, 11) is 1.50. The second-order valence-corrected chi connectivity index (χ2v) is 4.49. The number of aromatic nitrogens is 1. The van der Waals surface area contributed by atoms with Crippen LogP contribution in [0.15, 0.2) is 42.6 Å². The molecule has 0 fully saturated rings. The number of nitrogens with zero attached hydrogens (tertiary/aromatic N) is 1. The molecule has 6 heteroatoms. The predicted octanol–water partition coefficient (Wildman–Crippen LogP) is 2.69. The minimum absolute atomic E-state index is 0.152. The normalized spacial score (nSPS) is 9.91. The highest BCUT2D eigenvalue weighted by atomic mass is 16.5. The fraction of sp³-hybridized carbons (Fsp3) is 0.188. The molecule has 22 heavy (non-hydrogen) atoms. The molecule has 0 saturated carbocycles. The molecule has 6 nitrogen and oxygen atoms in total. The molecule has 114 valence electrons. The Morgan fingerprint density at radius 1 is 1.18 bits per heavy atom. The minimum atomic E-state index is -0.312. The van der Waals surface area contributed by atoms with Gasteiger partial charge in [0.25, 0.3) is 5.91 Å². The number of anilines is 2. The third-order valence-corrected chi connectivity index (χ3v) is 2.96. The Hall–Kier alpha value is -2.89. The highest BCUT2D eigenvalue weighted by molar-refractivity contribution is 6.05. The van der Waals surface area contributed by atoms with Crippen molar-refractivity contribution in [2.24, 2.45) is 0 Å². The van der Waals surface area contributed by atoms with Crippen molar-refractivity contribution in [3.63, 3.8) is 0 Å². The Balaban J connectivity index is 2.22. The van der Waals surface area contributed by atoms with Crippen molar-refractivity contribution in [3.05, 3.63) is 48.2 Å². The Labute approximate surface area is 128 Å². The summed E-state index contributed by atoms with van der Waals surface area (Å²) in [5.41, 5.74) is 0.862. The van der Waals surface area contributed by atoms with Gasteiger partial charge in [-0.1, -0.05) is 13.0 Å². The van der Waals surface area contributed by atoms with E-state index in [0.717, 1.165) is 0 Å². The van der Waals surface area contributed by atoms with Crippen LogP contribution in [-0.4, -0.2) is 23.9 Å². The van der Waals surface area contributed by atoms with E-state index in [1.54, 1.807) is 49.5 Å². The molecule has 0 atom stereocenters. The highest BCUT2D eigenvalue weighted by Gasteiger charge is 2.12. The highest BCUT2D eigenvalue weighted by Crippen LogP contribution is 2.26. The molecular weight excluding hydrogens is 282 g/mol. The van der Waals surface area contributed by atoms with Crippen LogP contribution in [0.2, 0.25) is 0 Å². The summed E-state index contributed by atoms with van der Waals surface area (Å²) in [6, 6.07) is 10.1. The summed E-state index contributed by atoms with van der Waals surface area (Å²) in [6.45, 7) is 1.75. The molecule has 0 radical (unpaired) electrons. The second kappa shape index (κ2) is 7.21. The van der Waals surface area contributed by atoms with Crippen LogP contribution in [0.4, 0.5) is 11.5 Å². The first kappa shape index (κ1) is 15.5. The number of amides is 2. The first-order chi connectivity index (χ1) is 10.6. The Morgan fingerprint density at radius 2 is 2.00 bits per heavy atom. The van der Waals surface area contributed by atoms with E-state index in [1.165, 1.54) is 7.11 Å². The first-order valence-corrected chi connectivity index (χ1v) is 6.84. The van der Waals surface area contributed by atoms with Gasteiger partial charge in [0.2, 0.25) is 5.91 Å². The van der Waals surface area contributed by atoms with Crippen molar-refractivity contribution in [2.75, 3.05) is 17.7 Å². The van der Waals surface area contributed by atoms with Crippen molar-refractivity contribution < 1.29 is 14.3 Å². The van der Waals surface area contributed by atoms with Crippen LogP contribution in [0.5, 0.6) is 5.75 Å². The van der Waals surface area contributed by atoms with Crippen molar-refractivity contribution in [1.82, 2.24) is 4.98 Å². The number of nitrogens with one attached hydrogen (secondary N) is 2. The molecule has 0 unspecified atom stereocenters. The molecule has 1 aromatic heterocycles. The zero-order valence-electron chi connectivity index (χ0n) is 12.4. The maximum absolute atomic E-state index is 12.2. The van der Waals surface area contributed by atoms with Crippen LogP contribution < -0.4 is 15.4 Å². The number of hydrogen-bond donors (Lipinski definition) is 2. The summed E-state index contributed by atoms with van der Waals surface area (Å²) < 4.78 is 5.18. The maximum atomic E-state index is 12.2. The van der Waals surface area contributed by atoms with Crippen molar-refractivity contribution in [3.8, 4) is 5.75 Å². The zero-order chi connectivity index (χ0) is 15.9. The van der Waals surface area contributed by atoms with E-state index in [0.29, 0.717) is 29.2 Å². The van der Waals surface area contributed by atoms with E-state index in [9.17, 15) is 9.59 Å². The van der Waals surface area contributed by atoms with E-state index in [-0.39, 0.29) is 11.8 Å². The van der Waals surface area contributed by atoms with Gasteiger partial charge >= 0.3 is 0 Å². The number of ether oxygens (including phenoxy) is 1. The molecule has 2 amide bonds. The van der Waals surface area contributed by atoms with Crippen LogP contribution in [0, 0.1) is 0 Å². The molecule has 0 saturated heterocycles. The molecule has 0 bridgehead atoms. The van der Waals surface area contributed by atoms with Crippen molar-refractivity contribution in [1.29, 1.82) is 0 Å². The Kier molecular flexibility index (Phi) is 5.08. The van der Waals surface area contributed by atoms with Gasteiger partial charge < -0.3 is 15.4 Å². The van der Waals surface area contributed by atoms with E-state index in [1.807, 2.05) is 0 Å². The lowest BCUT2D eigenvalue weighted by molar-refractivity contribution is -0.115. The number of rotatable bonds is 5. The van der Waals surface area contributed by atoms with Gasteiger partial charge in [0.05, 0.1) is 12.8 Å². The van der Waals surface area contributed by atoms with Crippen molar-refractivity contribution in [2.45, 2.75) is 13.3 Å². The standard InChI is InChI=1S/C16H17N3O3/c1-3-15(20)18-12-10-11(7-8-13(12)22-2)16(21)19-14-6-4-5-9-17-14/h4-10H,3H2,1-2H3,(H,18,20)(H,17,19,21). The van der Waals surface area contributed by atoms with Gasteiger partial charge in [-0.25, -0.2) is 4.98 Å². The largest absolute Gasteiger partial charge is 0.495 e. The summed E-state index contributed by atoms with van der Waals surface area (Å²) in [6.07, 6.45) is 1.93. The second-order valence-electron chi connectivity index (χ2n) is 4.49. The molecule has 0 aliphatic rings. The lowest BCUT2D eigenvalue weighted by atomic mass is 10.1. The van der Waals surface area contributed by atoms with Crippen LogP contribution in [-0.2, 0) is 4.79 Å². The van der Waals surface area contributed by atoms with Gasteiger partial charge in [0, 0.05) is 18.2 Å². The minimum Gasteiger partial charge on any atom is -0.495 e. The molecule has 0 aliphatic carbocycles. The molecule has 2 N–H and O–H groups in total. The average Bonchev–Trinajstić information content (AvgIpc) is 2.55. The van der Waals surface area contributed by atoms with E-state index < -0.39 is 0 Å². The van der Waals surface area contributed by atoms with Gasteiger partial charge in [-0.15, -0.1) is 0 Å². The zero-order valence-corrected chi connectivity index (χ0v) is 12.4. The fourth-order valence-electron chi connectivity index (χ4n) is 1.81. The van der Waals surface area contributed by atoms with Gasteiger partial charge in [-0.3, -0.25) is 9.59 Å². The number of carbonyl (C=O) groups excluding carboxylic acids is 2. The molecule has 1 aromatic carbocycles. The quantitative estimate of drug-likeness (QED) is 0.889. The molecule has 1 heterocycles. The third-order valence-electron chi connectivity index (χ3n) is 2.96. The molecule has 0 aliphatic heterocycles. The number of hydrogen-bond acceptors (Lipinski definition) is 4. The SMILES string of the molecule is CCC(=O)Nc1cc(C(=O)Nc2ccccn2)ccc1OC. The van der Waals surface area contributed by atoms with Gasteiger partial charge in [0.1, 0.15) is 11.6 Å². The smallest absolute Gasteiger partial charge is 0.256 e. The lowest BCUT2D eigenvalue weighted by Crippen LogP contribution is -2.15. The molecule has 2 aromatic rings. The summed E-state index contributed by atoms with van der Waals surface area (Å²) in [5.74, 6) is 0.493. The summed E-state index contributed by atoms with van der Waals surface area (Å²) in [4.78, 5) is 27.8. The summed E-state index contributed by atoms with van der Waals surface area (Å²) >= 11 is 0. The van der Waals surface area contributed by atoms with E-state index in [4.69, 9.17) is 4.74 Å². The van der Waals surface area contributed by atoms with Gasteiger partial charge in [-0.05, 0) is 30.3 Å². The number of methoxy groups -OCH3 is 1. The monoisotopic (exact) mass is 299 g/mol. The first-order valence-electron chi connectivity index (χ1n) is 6.84. The van der Waals surface area contributed by atoms with Crippen LogP contribution in [0.3, 0.4) is 0 Å². The Bertz CT molecular complexity index is 672. The van der Waals surface area contributed by atoms with Crippen LogP contribution >= 0.6 is 0 Å². The number of pyridine rings is 1. The maximum Gasteiger partial charge on any atom is 0.256 e. The fourth-order valence-corrected chi connectivity index (χ4v) is 1.81. The lowest BCUT2D eigenvalue weighted by Gasteiger charge is -2.11. The van der Waals surface area contributed by atoms with Crippen LogP contribution in [0.25, 0.3) is 0 Å². The number of benzene rings is 1. The average molecular weight is 299 g/mol. The van der Waals surface area contributed by atoms with Crippen LogP contribution in [0.1, 0.15) is 23.7 Å². The topological polar surface area (TPSA) is 80.3 Å². The third kappa shape index (κ3) is 3.82. The van der Waals surface area contributed by atoms with E-state index >= 15 is 0 Å². The van der Waals surface area contributed by atoms with Gasteiger partial charge in [-0.2, -0.15) is 0 Å². The van der Waals surface area contributed by atoms with Crippen molar-refractivity contribution >= 4 is 23.3 Å². The van der Waals surface area contributed by atoms with Gasteiger partial charge in [0.15, 0.2) is 0 Å². The molecular formula is C16H17N3O3. The molecule has 0 spiro atoms. The molecule has 2 rings (SSSR count). The van der Waals surface area contributed by atoms with E-state index in [2.05, 4.69) is 15.6 Å².